The van der Waals surface area contributed by atoms with Gasteiger partial charge < -0.3 is 14.8 Å². The van der Waals surface area contributed by atoms with Gasteiger partial charge in [0.1, 0.15) is 18.1 Å². The molecule has 1 aliphatic carbocycles. The Morgan fingerprint density at radius 1 is 1.47 bits per heavy atom. The van der Waals surface area contributed by atoms with E-state index < -0.39 is 0 Å². The Kier molecular flexibility index (Phi) is 3.44. The fourth-order valence-electron chi connectivity index (χ4n) is 1.81. The lowest BCUT2D eigenvalue weighted by molar-refractivity contribution is 0.242. The molecule has 1 heterocycles. The molecule has 1 aromatic rings. The van der Waals surface area contributed by atoms with Gasteiger partial charge in [-0.2, -0.15) is 0 Å². The zero-order chi connectivity index (χ0) is 10.7. The van der Waals surface area contributed by atoms with Crippen LogP contribution >= 0.6 is 0 Å². The molecule has 2 N–H and O–H groups in total. The van der Waals surface area contributed by atoms with Crippen molar-refractivity contribution in [3.63, 3.8) is 0 Å². The van der Waals surface area contributed by atoms with Crippen molar-refractivity contribution in [2.24, 2.45) is 5.92 Å². The molecular weight excluding hydrogens is 190 g/mol. The largest absolute Gasteiger partial charge is 0.462 e. The zero-order valence-electron chi connectivity index (χ0n) is 9.20. The summed E-state index contributed by atoms with van der Waals surface area (Å²) >= 11 is 0. The van der Waals surface area contributed by atoms with Crippen molar-refractivity contribution in [2.75, 3.05) is 0 Å². The molecular formula is C12H19NO2. The summed E-state index contributed by atoms with van der Waals surface area (Å²) in [7, 11) is 0. The molecule has 1 saturated carbocycles. The SMILES string of the molecule is CC(CC1CC1)NCc1ccc(CO)o1. The van der Waals surface area contributed by atoms with E-state index in [2.05, 4.69) is 12.2 Å². The van der Waals surface area contributed by atoms with E-state index in [1.807, 2.05) is 12.1 Å². The van der Waals surface area contributed by atoms with Gasteiger partial charge in [0.25, 0.3) is 0 Å². The molecule has 0 aromatic carbocycles. The number of hydrogen-bond acceptors (Lipinski definition) is 3. The highest BCUT2D eigenvalue weighted by molar-refractivity contribution is 5.06. The van der Waals surface area contributed by atoms with Crippen molar-refractivity contribution in [1.29, 1.82) is 0 Å². The maximum absolute atomic E-state index is 8.84. The van der Waals surface area contributed by atoms with Gasteiger partial charge in [0.15, 0.2) is 0 Å². The first-order chi connectivity index (χ1) is 7.28. The van der Waals surface area contributed by atoms with Crippen LogP contribution in [-0.2, 0) is 13.2 Å². The van der Waals surface area contributed by atoms with Crippen LogP contribution in [0.1, 0.15) is 37.7 Å². The molecule has 1 aliphatic rings. The van der Waals surface area contributed by atoms with Gasteiger partial charge >= 0.3 is 0 Å². The second-order valence-electron chi connectivity index (χ2n) is 4.49. The molecule has 0 amide bonds. The van der Waals surface area contributed by atoms with E-state index in [0.717, 1.165) is 18.2 Å². The summed E-state index contributed by atoms with van der Waals surface area (Å²) in [6, 6.07) is 4.30. The van der Waals surface area contributed by atoms with E-state index in [4.69, 9.17) is 9.52 Å². The molecule has 15 heavy (non-hydrogen) atoms. The van der Waals surface area contributed by atoms with Crippen molar-refractivity contribution in [1.82, 2.24) is 5.32 Å². The van der Waals surface area contributed by atoms with Gasteiger partial charge in [0.05, 0.1) is 6.54 Å². The Morgan fingerprint density at radius 2 is 2.20 bits per heavy atom. The third-order valence-electron chi connectivity index (χ3n) is 2.88. The van der Waals surface area contributed by atoms with Crippen molar-refractivity contribution >= 4 is 0 Å². The summed E-state index contributed by atoms with van der Waals surface area (Å²) in [5.74, 6) is 2.50. The molecule has 84 valence electrons. The summed E-state index contributed by atoms with van der Waals surface area (Å²) < 4.78 is 5.39. The van der Waals surface area contributed by atoms with E-state index in [0.29, 0.717) is 11.8 Å². The summed E-state index contributed by atoms with van der Waals surface area (Å²) in [6.45, 7) is 2.96. The smallest absolute Gasteiger partial charge is 0.129 e. The molecule has 3 nitrogen and oxygen atoms in total. The quantitative estimate of drug-likeness (QED) is 0.753. The van der Waals surface area contributed by atoms with Gasteiger partial charge in [-0.15, -0.1) is 0 Å². The normalized spacial score (nSPS) is 18.0. The minimum Gasteiger partial charge on any atom is -0.462 e. The van der Waals surface area contributed by atoms with Crippen molar-refractivity contribution in [3.8, 4) is 0 Å². The molecule has 0 aliphatic heterocycles. The lowest BCUT2D eigenvalue weighted by Gasteiger charge is -2.11. The highest BCUT2D eigenvalue weighted by atomic mass is 16.4. The van der Waals surface area contributed by atoms with Gasteiger partial charge in [-0.3, -0.25) is 0 Å². The number of furan rings is 1. The third-order valence-corrected chi connectivity index (χ3v) is 2.88. The number of aliphatic hydroxyl groups excluding tert-OH is 1. The fraction of sp³-hybridized carbons (Fsp3) is 0.667. The van der Waals surface area contributed by atoms with Crippen LogP contribution in [0.4, 0.5) is 0 Å². The van der Waals surface area contributed by atoms with Crippen LogP contribution in [0.2, 0.25) is 0 Å². The first-order valence-corrected chi connectivity index (χ1v) is 5.69. The highest BCUT2D eigenvalue weighted by Gasteiger charge is 2.23. The van der Waals surface area contributed by atoms with Crippen molar-refractivity contribution < 1.29 is 9.52 Å². The average Bonchev–Trinajstić information content (AvgIpc) is 2.92. The van der Waals surface area contributed by atoms with Crippen LogP contribution in [0.25, 0.3) is 0 Å². The maximum atomic E-state index is 8.84. The molecule has 1 fully saturated rings. The van der Waals surface area contributed by atoms with Crippen LogP contribution < -0.4 is 5.32 Å². The minimum atomic E-state index is -0.0162. The van der Waals surface area contributed by atoms with Crippen LogP contribution in [-0.4, -0.2) is 11.1 Å². The Balaban J connectivity index is 1.71. The topological polar surface area (TPSA) is 45.4 Å². The molecule has 0 saturated heterocycles. The molecule has 1 aromatic heterocycles. The standard InChI is InChI=1S/C12H19NO2/c1-9(6-10-2-3-10)13-7-11-4-5-12(8-14)15-11/h4-5,9-10,13-14H,2-3,6-8H2,1H3. The van der Waals surface area contributed by atoms with Crippen molar-refractivity contribution in [2.45, 2.75) is 45.4 Å². The predicted molar refractivity (Wildman–Crippen MR) is 58.3 cm³/mol. The molecule has 3 heteroatoms. The third kappa shape index (κ3) is 3.36. The van der Waals surface area contributed by atoms with Crippen molar-refractivity contribution in [3.05, 3.63) is 23.7 Å². The minimum absolute atomic E-state index is 0.0162. The van der Waals surface area contributed by atoms with Gasteiger partial charge in [-0.05, 0) is 31.4 Å². The maximum Gasteiger partial charge on any atom is 0.129 e. The van der Waals surface area contributed by atoms with Gasteiger partial charge in [-0.25, -0.2) is 0 Å². The molecule has 0 radical (unpaired) electrons. The van der Waals surface area contributed by atoms with Crippen LogP contribution in [0, 0.1) is 5.92 Å². The Morgan fingerprint density at radius 3 is 2.80 bits per heavy atom. The first-order valence-electron chi connectivity index (χ1n) is 5.69. The van der Waals surface area contributed by atoms with Gasteiger partial charge in [0.2, 0.25) is 0 Å². The van der Waals surface area contributed by atoms with Crippen LogP contribution in [0.15, 0.2) is 16.5 Å². The second kappa shape index (κ2) is 4.81. The Labute approximate surface area is 90.5 Å². The number of nitrogens with one attached hydrogen (secondary N) is 1. The van der Waals surface area contributed by atoms with E-state index in [1.54, 1.807) is 0 Å². The molecule has 1 unspecified atom stereocenters. The average molecular weight is 209 g/mol. The lowest BCUT2D eigenvalue weighted by atomic mass is 10.1. The number of hydrogen-bond donors (Lipinski definition) is 2. The Hall–Kier alpha value is -0.800. The van der Waals surface area contributed by atoms with E-state index in [1.165, 1.54) is 19.3 Å². The first kappa shape index (κ1) is 10.7. The fourth-order valence-corrected chi connectivity index (χ4v) is 1.81. The van der Waals surface area contributed by atoms with Crippen LogP contribution in [0.3, 0.4) is 0 Å². The van der Waals surface area contributed by atoms with E-state index >= 15 is 0 Å². The molecule has 0 spiro atoms. The summed E-state index contributed by atoms with van der Waals surface area (Å²) in [5, 5.41) is 12.3. The predicted octanol–water partition coefficient (Wildman–Crippen LogP) is 2.05. The zero-order valence-corrected chi connectivity index (χ0v) is 9.20. The van der Waals surface area contributed by atoms with Gasteiger partial charge in [0, 0.05) is 6.04 Å². The Bertz CT molecular complexity index is 304. The molecule has 2 rings (SSSR count). The summed E-state index contributed by atoms with van der Waals surface area (Å²) in [4.78, 5) is 0. The highest BCUT2D eigenvalue weighted by Crippen LogP contribution is 2.33. The van der Waals surface area contributed by atoms with Crippen LogP contribution in [0.5, 0.6) is 0 Å². The summed E-state index contributed by atoms with van der Waals surface area (Å²) in [6.07, 6.45) is 4.08. The molecule has 1 atom stereocenters. The van der Waals surface area contributed by atoms with E-state index in [-0.39, 0.29) is 6.61 Å². The lowest BCUT2D eigenvalue weighted by Crippen LogP contribution is -2.25. The number of rotatable bonds is 6. The van der Waals surface area contributed by atoms with Gasteiger partial charge in [-0.1, -0.05) is 12.8 Å². The monoisotopic (exact) mass is 209 g/mol. The molecule has 0 bridgehead atoms. The van der Waals surface area contributed by atoms with E-state index in [9.17, 15) is 0 Å². The second-order valence-corrected chi connectivity index (χ2v) is 4.49. The number of aliphatic hydroxyl groups is 1. The summed E-state index contributed by atoms with van der Waals surface area (Å²) in [5.41, 5.74) is 0.